The minimum atomic E-state index is -3.48. The number of ether oxygens (including phenoxy) is 1. The smallest absolute Gasteiger partial charge is 0.265 e. The van der Waals surface area contributed by atoms with Crippen LogP contribution in [0.3, 0.4) is 0 Å². The molecule has 2 aromatic carbocycles. The van der Waals surface area contributed by atoms with Gasteiger partial charge in [0, 0.05) is 24.3 Å². The molecule has 1 fully saturated rings. The second-order valence-corrected chi connectivity index (χ2v) is 8.90. The van der Waals surface area contributed by atoms with Gasteiger partial charge in [0.1, 0.15) is 5.75 Å². The number of nitrogens with one attached hydrogen (secondary N) is 1. The maximum atomic E-state index is 12.5. The SMILES string of the molecule is CC(=O)c1ccc(O[C@H](C)C(=O)Nc2ccc(S(=O)(=O)N3CCCC3)cc2)cc1. The number of anilines is 1. The number of sulfonamides is 1. The third kappa shape index (κ3) is 5.02. The van der Waals surface area contributed by atoms with Crippen LogP contribution >= 0.6 is 0 Å². The monoisotopic (exact) mass is 416 g/mol. The van der Waals surface area contributed by atoms with E-state index in [1.165, 1.54) is 23.4 Å². The van der Waals surface area contributed by atoms with Gasteiger partial charge in [-0.2, -0.15) is 4.31 Å². The molecule has 1 heterocycles. The zero-order valence-corrected chi connectivity index (χ0v) is 17.2. The van der Waals surface area contributed by atoms with Crippen molar-refractivity contribution in [2.45, 2.75) is 37.7 Å². The fraction of sp³-hybridized carbons (Fsp3) is 0.333. The van der Waals surface area contributed by atoms with Crippen molar-refractivity contribution in [3.63, 3.8) is 0 Å². The van der Waals surface area contributed by atoms with Crippen molar-refractivity contribution in [1.29, 1.82) is 0 Å². The Morgan fingerprint density at radius 3 is 2.14 bits per heavy atom. The minimum Gasteiger partial charge on any atom is -0.481 e. The lowest BCUT2D eigenvalue weighted by atomic mass is 10.1. The number of Topliss-reactive ketones (excluding diaryl/α,β-unsaturated/α-hetero) is 1. The molecule has 1 aliphatic rings. The van der Waals surface area contributed by atoms with Crippen LogP contribution in [-0.2, 0) is 14.8 Å². The summed E-state index contributed by atoms with van der Waals surface area (Å²) in [5, 5.41) is 2.71. The Labute approximate surface area is 170 Å². The van der Waals surface area contributed by atoms with E-state index in [1.807, 2.05) is 0 Å². The molecule has 8 heteroatoms. The van der Waals surface area contributed by atoms with Crippen LogP contribution in [0.15, 0.2) is 53.4 Å². The Bertz CT molecular complexity index is 979. The van der Waals surface area contributed by atoms with Crippen molar-refractivity contribution in [2.24, 2.45) is 0 Å². The van der Waals surface area contributed by atoms with Gasteiger partial charge < -0.3 is 10.1 Å². The van der Waals surface area contributed by atoms with E-state index in [-0.39, 0.29) is 16.6 Å². The molecule has 154 valence electrons. The first-order valence-electron chi connectivity index (χ1n) is 9.46. The average Bonchev–Trinajstić information content (AvgIpc) is 3.24. The molecular formula is C21H24N2O5S. The summed E-state index contributed by atoms with van der Waals surface area (Å²) in [5.41, 5.74) is 1.05. The molecule has 0 unspecified atom stereocenters. The van der Waals surface area contributed by atoms with E-state index in [1.54, 1.807) is 43.3 Å². The van der Waals surface area contributed by atoms with E-state index < -0.39 is 16.1 Å². The molecule has 0 spiro atoms. The highest BCUT2D eigenvalue weighted by Crippen LogP contribution is 2.22. The number of carbonyl (C=O) groups excluding carboxylic acids is 2. The maximum absolute atomic E-state index is 12.5. The zero-order valence-electron chi connectivity index (χ0n) is 16.4. The molecule has 1 amide bonds. The number of hydrogen-bond donors (Lipinski definition) is 1. The molecule has 0 aliphatic carbocycles. The Kier molecular flexibility index (Phi) is 6.34. The summed E-state index contributed by atoms with van der Waals surface area (Å²) in [4.78, 5) is 23.9. The Balaban J connectivity index is 1.60. The number of hydrogen-bond acceptors (Lipinski definition) is 5. The van der Waals surface area contributed by atoms with Crippen molar-refractivity contribution in [1.82, 2.24) is 4.31 Å². The second-order valence-electron chi connectivity index (χ2n) is 6.97. The third-order valence-electron chi connectivity index (χ3n) is 4.77. The zero-order chi connectivity index (χ0) is 21.0. The van der Waals surface area contributed by atoms with Crippen LogP contribution < -0.4 is 10.1 Å². The summed E-state index contributed by atoms with van der Waals surface area (Å²) in [6, 6.07) is 12.7. The predicted molar refractivity (Wildman–Crippen MR) is 110 cm³/mol. The highest BCUT2D eigenvalue weighted by Gasteiger charge is 2.27. The molecule has 1 N–H and O–H groups in total. The lowest BCUT2D eigenvalue weighted by Crippen LogP contribution is -2.30. The van der Waals surface area contributed by atoms with Crippen LogP contribution in [0.1, 0.15) is 37.0 Å². The van der Waals surface area contributed by atoms with Gasteiger partial charge in [-0.1, -0.05) is 0 Å². The van der Waals surface area contributed by atoms with Gasteiger partial charge in [-0.25, -0.2) is 8.42 Å². The fourth-order valence-electron chi connectivity index (χ4n) is 3.06. The van der Waals surface area contributed by atoms with Crippen molar-refractivity contribution >= 4 is 27.4 Å². The van der Waals surface area contributed by atoms with Gasteiger partial charge in [0.2, 0.25) is 10.0 Å². The number of benzene rings is 2. The quantitative estimate of drug-likeness (QED) is 0.700. The topological polar surface area (TPSA) is 92.8 Å². The van der Waals surface area contributed by atoms with Crippen LogP contribution in [-0.4, -0.2) is 43.6 Å². The molecular weight excluding hydrogens is 392 g/mol. The highest BCUT2D eigenvalue weighted by molar-refractivity contribution is 7.89. The molecule has 0 saturated carbocycles. The van der Waals surface area contributed by atoms with Crippen LogP contribution in [0.25, 0.3) is 0 Å². The van der Waals surface area contributed by atoms with Crippen molar-refractivity contribution in [3.05, 3.63) is 54.1 Å². The standard InChI is InChI=1S/C21H24N2O5S/c1-15(24)17-5-9-19(10-6-17)28-16(2)21(25)22-18-7-11-20(12-8-18)29(26,27)23-13-3-4-14-23/h5-12,16H,3-4,13-14H2,1-2H3,(H,22,25)/t16-/m1/s1. The Morgan fingerprint density at radius 1 is 1.00 bits per heavy atom. The number of ketones is 1. The van der Waals surface area contributed by atoms with E-state index in [0.717, 1.165) is 12.8 Å². The Hall–Kier alpha value is -2.71. The largest absolute Gasteiger partial charge is 0.481 e. The normalized spacial score (nSPS) is 15.7. The molecule has 2 aromatic rings. The van der Waals surface area contributed by atoms with Crippen LogP contribution in [0.4, 0.5) is 5.69 Å². The molecule has 0 aromatic heterocycles. The van der Waals surface area contributed by atoms with E-state index in [9.17, 15) is 18.0 Å². The molecule has 1 aliphatic heterocycles. The van der Waals surface area contributed by atoms with E-state index in [0.29, 0.717) is 30.1 Å². The van der Waals surface area contributed by atoms with Crippen LogP contribution in [0.2, 0.25) is 0 Å². The lowest BCUT2D eigenvalue weighted by molar-refractivity contribution is -0.122. The molecule has 0 radical (unpaired) electrons. The van der Waals surface area contributed by atoms with Gasteiger partial charge in [0.25, 0.3) is 5.91 Å². The fourth-order valence-corrected chi connectivity index (χ4v) is 4.57. The third-order valence-corrected chi connectivity index (χ3v) is 6.68. The average molecular weight is 416 g/mol. The van der Waals surface area contributed by atoms with Crippen LogP contribution in [0, 0.1) is 0 Å². The maximum Gasteiger partial charge on any atom is 0.265 e. The van der Waals surface area contributed by atoms with Gasteiger partial charge >= 0.3 is 0 Å². The summed E-state index contributed by atoms with van der Waals surface area (Å²) >= 11 is 0. The van der Waals surface area contributed by atoms with Gasteiger partial charge in [0.15, 0.2) is 11.9 Å². The molecule has 0 bridgehead atoms. The Morgan fingerprint density at radius 2 is 1.59 bits per heavy atom. The number of amides is 1. The second kappa shape index (κ2) is 8.75. The summed E-state index contributed by atoms with van der Waals surface area (Å²) in [7, 11) is -3.48. The number of rotatable bonds is 7. The lowest BCUT2D eigenvalue weighted by Gasteiger charge is -2.17. The van der Waals surface area contributed by atoms with Crippen molar-refractivity contribution in [3.8, 4) is 5.75 Å². The minimum absolute atomic E-state index is 0.0440. The number of nitrogens with zero attached hydrogens (tertiary/aromatic N) is 1. The molecule has 1 atom stereocenters. The van der Waals surface area contributed by atoms with Crippen LogP contribution in [0.5, 0.6) is 5.75 Å². The highest BCUT2D eigenvalue weighted by atomic mass is 32.2. The van der Waals surface area contributed by atoms with Gasteiger partial charge in [-0.05, 0) is 75.2 Å². The van der Waals surface area contributed by atoms with E-state index in [4.69, 9.17) is 4.74 Å². The molecule has 29 heavy (non-hydrogen) atoms. The summed E-state index contributed by atoms with van der Waals surface area (Å²) in [5.74, 6) is 0.0676. The first kappa shape index (κ1) is 21.0. The predicted octanol–water partition coefficient (Wildman–Crippen LogP) is 3.08. The molecule has 7 nitrogen and oxygen atoms in total. The summed E-state index contributed by atoms with van der Waals surface area (Å²) in [6.45, 7) is 4.18. The summed E-state index contributed by atoms with van der Waals surface area (Å²) in [6.07, 6.45) is 0.983. The van der Waals surface area contributed by atoms with E-state index >= 15 is 0 Å². The first-order chi connectivity index (χ1) is 13.8. The van der Waals surface area contributed by atoms with Crippen molar-refractivity contribution in [2.75, 3.05) is 18.4 Å². The number of carbonyl (C=O) groups is 2. The van der Waals surface area contributed by atoms with Gasteiger partial charge in [0.05, 0.1) is 4.90 Å². The first-order valence-corrected chi connectivity index (χ1v) is 10.9. The van der Waals surface area contributed by atoms with Gasteiger partial charge in [-0.15, -0.1) is 0 Å². The molecule has 3 rings (SSSR count). The summed E-state index contributed by atoms with van der Waals surface area (Å²) < 4.78 is 32.2. The van der Waals surface area contributed by atoms with Crippen molar-refractivity contribution < 1.29 is 22.7 Å². The van der Waals surface area contributed by atoms with E-state index in [2.05, 4.69) is 5.32 Å². The van der Waals surface area contributed by atoms with Gasteiger partial charge in [-0.3, -0.25) is 9.59 Å². The molecule has 1 saturated heterocycles.